The minimum Gasteiger partial charge on any atom is -0.495 e. The summed E-state index contributed by atoms with van der Waals surface area (Å²) in [6.07, 6.45) is 5.12. The van der Waals surface area contributed by atoms with Crippen molar-refractivity contribution in [2.24, 2.45) is 0 Å². The SMILES string of the molecule is C=CC(=O)Nc1cc(F)cc(Oc2cc(Nc3cc(C)c(C4CCN(C)CC4)cc3OC)nc3[nH]ccc23)c1. The van der Waals surface area contributed by atoms with Crippen LogP contribution in [0.1, 0.15) is 29.9 Å². The maximum atomic E-state index is 14.3. The molecule has 2 aromatic heterocycles. The van der Waals surface area contributed by atoms with E-state index in [9.17, 15) is 9.18 Å². The molecule has 3 N–H and O–H groups in total. The van der Waals surface area contributed by atoms with E-state index in [1.165, 1.54) is 23.3 Å². The lowest BCUT2D eigenvalue weighted by Crippen LogP contribution is -2.29. The van der Waals surface area contributed by atoms with Crippen LogP contribution in [0.25, 0.3) is 11.0 Å². The van der Waals surface area contributed by atoms with Crippen LogP contribution in [0.5, 0.6) is 17.2 Å². The van der Waals surface area contributed by atoms with Gasteiger partial charge in [-0.05, 0) is 87.3 Å². The Balaban J connectivity index is 1.45. The topological polar surface area (TPSA) is 91.5 Å². The van der Waals surface area contributed by atoms with Crippen molar-refractivity contribution < 1.29 is 18.7 Å². The number of anilines is 3. The van der Waals surface area contributed by atoms with E-state index in [2.05, 4.69) is 53.2 Å². The van der Waals surface area contributed by atoms with Gasteiger partial charge in [0, 0.05) is 30.1 Å². The normalized spacial score (nSPS) is 14.3. The number of piperidine rings is 1. The van der Waals surface area contributed by atoms with Gasteiger partial charge in [0.15, 0.2) is 0 Å². The molecule has 0 atom stereocenters. The molecule has 1 amide bonds. The van der Waals surface area contributed by atoms with Gasteiger partial charge in [-0.3, -0.25) is 4.79 Å². The molecule has 3 heterocycles. The minimum absolute atomic E-state index is 0.227. The van der Waals surface area contributed by atoms with Crippen LogP contribution >= 0.6 is 0 Å². The lowest BCUT2D eigenvalue weighted by Gasteiger charge is -2.30. The molecule has 5 rings (SSSR count). The van der Waals surface area contributed by atoms with Gasteiger partial charge in [0.1, 0.15) is 34.5 Å². The molecule has 8 nitrogen and oxygen atoms in total. The number of ether oxygens (including phenoxy) is 2. The number of carbonyl (C=O) groups excluding carboxylic acids is 1. The summed E-state index contributed by atoms with van der Waals surface area (Å²) < 4.78 is 26.2. The zero-order valence-corrected chi connectivity index (χ0v) is 22.3. The number of carbonyl (C=O) groups is 1. The van der Waals surface area contributed by atoms with Crippen molar-refractivity contribution in [3.8, 4) is 17.2 Å². The van der Waals surface area contributed by atoms with Crippen molar-refractivity contribution in [1.29, 1.82) is 0 Å². The molecule has 1 fully saturated rings. The number of aryl methyl sites for hydroxylation is 1. The van der Waals surface area contributed by atoms with Gasteiger partial charge in [-0.2, -0.15) is 0 Å². The summed E-state index contributed by atoms with van der Waals surface area (Å²) >= 11 is 0. The van der Waals surface area contributed by atoms with Crippen molar-refractivity contribution in [2.45, 2.75) is 25.7 Å². The first-order valence-electron chi connectivity index (χ1n) is 12.9. The number of methoxy groups -OCH3 is 1. The Morgan fingerprint density at radius 1 is 1.18 bits per heavy atom. The molecule has 0 spiro atoms. The van der Waals surface area contributed by atoms with Crippen molar-refractivity contribution in [1.82, 2.24) is 14.9 Å². The van der Waals surface area contributed by atoms with Gasteiger partial charge in [0.25, 0.3) is 0 Å². The van der Waals surface area contributed by atoms with Gasteiger partial charge in [-0.15, -0.1) is 0 Å². The van der Waals surface area contributed by atoms with Crippen LogP contribution in [0.15, 0.2) is 61.3 Å². The molecule has 9 heteroatoms. The molecule has 39 heavy (non-hydrogen) atoms. The van der Waals surface area contributed by atoms with Gasteiger partial charge in [0.2, 0.25) is 5.91 Å². The molecule has 0 radical (unpaired) electrons. The van der Waals surface area contributed by atoms with E-state index in [4.69, 9.17) is 14.5 Å². The zero-order chi connectivity index (χ0) is 27.5. The second kappa shape index (κ2) is 11.2. The summed E-state index contributed by atoms with van der Waals surface area (Å²) in [5.74, 6) is 1.47. The number of likely N-dealkylation sites (tertiary alicyclic amines) is 1. The summed E-state index contributed by atoms with van der Waals surface area (Å²) in [7, 11) is 3.83. The lowest BCUT2D eigenvalue weighted by molar-refractivity contribution is -0.111. The number of aromatic nitrogens is 2. The van der Waals surface area contributed by atoms with Crippen LogP contribution in [0, 0.1) is 12.7 Å². The summed E-state index contributed by atoms with van der Waals surface area (Å²) in [6, 6.07) is 11.8. The second-order valence-electron chi connectivity index (χ2n) is 9.83. The van der Waals surface area contributed by atoms with Crippen molar-refractivity contribution in [3.05, 3.63) is 78.3 Å². The van der Waals surface area contributed by atoms with E-state index < -0.39 is 11.7 Å². The van der Waals surface area contributed by atoms with Gasteiger partial charge in [-0.25, -0.2) is 9.37 Å². The monoisotopic (exact) mass is 529 g/mol. The van der Waals surface area contributed by atoms with Gasteiger partial charge in [-0.1, -0.05) is 6.58 Å². The molecule has 4 aromatic rings. The van der Waals surface area contributed by atoms with Crippen LogP contribution in [0.3, 0.4) is 0 Å². The number of benzene rings is 2. The molecular formula is C30H32FN5O3. The lowest BCUT2D eigenvalue weighted by atomic mass is 9.86. The number of rotatable bonds is 8. The standard InChI is InChI=1S/C30H32FN5O3/c1-5-29(37)33-21-13-20(31)14-22(15-21)39-26-17-28(35-30-23(26)6-9-32-30)34-25-12-18(2)24(16-27(25)38-4)19-7-10-36(3)11-8-19/h5-6,9,12-17,19H,1,7-8,10-11H2,2-4H3,(H,33,37)(H2,32,34,35). The molecule has 1 aliphatic rings. The molecular weight excluding hydrogens is 497 g/mol. The van der Waals surface area contributed by atoms with Gasteiger partial charge >= 0.3 is 0 Å². The van der Waals surface area contributed by atoms with Crippen molar-refractivity contribution in [3.63, 3.8) is 0 Å². The Morgan fingerprint density at radius 3 is 2.72 bits per heavy atom. The predicted molar refractivity (Wildman–Crippen MR) is 152 cm³/mol. The smallest absolute Gasteiger partial charge is 0.247 e. The molecule has 202 valence electrons. The fourth-order valence-electron chi connectivity index (χ4n) is 5.04. The number of nitrogens with one attached hydrogen (secondary N) is 3. The van der Waals surface area contributed by atoms with Gasteiger partial charge < -0.3 is 30.0 Å². The van der Waals surface area contributed by atoms with Crippen LogP contribution < -0.4 is 20.1 Å². The third-order valence-corrected chi connectivity index (χ3v) is 7.05. The van der Waals surface area contributed by atoms with E-state index in [0.717, 1.165) is 48.8 Å². The highest BCUT2D eigenvalue weighted by Crippen LogP contribution is 2.39. The summed E-state index contributed by atoms with van der Waals surface area (Å²) in [5, 5.41) is 6.66. The molecule has 0 unspecified atom stereocenters. The average Bonchev–Trinajstić information content (AvgIpc) is 3.38. The molecule has 1 aliphatic heterocycles. The molecule has 2 aromatic carbocycles. The predicted octanol–water partition coefficient (Wildman–Crippen LogP) is 6.49. The van der Waals surface area contributed by atoms with Gasteiger partial charge in [0.05, 0.1) is 18.2 Å². The number of nitrogens with zero attached hydrogens (tertiary/aromatic N) is 2. The van der Waals surface area contributed by atoms with Crippen molar-refractivity contribution >= 4 is 34.1 Å². The quantitative estimate of drug-likeness (QED) is 0.226. The average molecular weight is 530 g/mol. The highest BCUT2D eigenvalue weighted by molar-refractivity contribution is 5.99. The number of hydrogen-bond acceptors (Lipinski definition) is 6. The van der Waals surface area contributed by atoms with Crippen LogP contribution in [0.4, 0.5) is 21.6 Å². The minimum atomic E-state index is -0.547. The maximum Gasteiger partial charge on any atom is 0.247 e. The first-order valence-corrected chi connectivity index (χ1v) is 12.9. The fraction of sp³-hybridized carbons (Fsp3) is 0.267. The van der Waals surface area contributed by atoms with Crippen LogP contribution in [0.2, 0.25) is 0 Å². The third-order valence-electron chi connectivity index (χ3n) is 7.05. The highest BCUT2D eigenvalue weighted by atomic mass is 19.1. The number of amides is 1. The van der Waals surface area contributed by atoms with Crippen molar-refractivity contribution in [2.75, 3.05) is 37.9 Å². The first-order chi connectivity index (χ1) is 18.8. The molecule has 0 saturated carbocycles. The Kier molecular flexibility index (Phi) is 7.51. The summed E-state index contributed by atoms with van der Waals surface area (Å²) in [6.45, 7) is 7.72. The molecule has 0 bridgehead atoms. The number of hydrogen-bond donors (Lipinski definition) is 3. The van der Waals surface area contributed by atoms with Crippen LogP contribution in [-0.4, -0.2) is 48.0 Å². The van der Waals surface area contributed by atoms with E-state index >= 15 is 0 Å². The number of halogens is 1. The Bertz CT molecular complexity index is 1520. The Morgan fingerprint density at radius 2 is 1.97 bits per heavy atom. The number of aromatic amines is 1. The number of fused-ring (bicyclic) bond motifs is 1. The first kappa shape index (κ1) is 26.2. The van der Waals surface area contributed by atoms with Crippen LogP contribution in [-0.2, 0) is 4.79 Å². The summed E-state index contributed by atoms with van der Waals surface area (Å²) in [5.41, 5.74) is 4.16. The maximum absolute atomic E-state index is 14.3. The Hall–Kier alpha value is -4.37. The molecule has 1 saturated heterocycles. The second-order valence-corrected chi connectivity index (χ2v) is 9.83. The number of pyridine rings is 1. The van der Waals surface area contributed by atoms with E-state index in [0.29, 0.717) is 23.1 Å². The van der Waals surface area contributed by atoms with E-state index in [1.807, 2.05) is 6.07 Å². The number of H-pyrrole nitrogens is 1. The zero-order valence-electron chi connectivity index (χ0n) is 22.3. The Labute approximate surface area is 226 Å². The fourth-order valence-corrected chi connectivity index (χ4v) is 5.04. The summed E-state index contributed by atoms with van der Waals surface area (Å²) in [4.78, 5) is 21.9. The van der Waals surface area contributed by atoms with E-state index in [-0.39, 0.29) is 11.4 Å². The third kappa shape index (κ3) is 5.88. The largest absolute Gasteiger partial charge is 0.495 e. The molecule has 0 aliphatic carbocycles. The highest BCUT2D eigenvalue weighted by Gasteiger charge is 2.22. The van der Waals surface area contributed by atoms with E-state index in [1.54, 1.807) is 25.4 Å².